The summed E-state index contributed by atoms with van der Waals surface area (Å²) >= 11 is 0. The van der Waals surface area contributed by atoms with Crippen molar-refractivity contribution in [2.45, 2.75) is 38.9 Å². The standard InChI is InChI=1S/C15H23F3N2O/c1-3-13-4-5-14(21-13)11(2)19-8-12-6-7-20(9-12)10-15(16,17)18/h4-5,11-12,19H,3,6-10H2,1-2H3/t11-,12+/m0/s1. The van der Waals surface area contributed by atoms with Gasteiger partial charge in [-0.3, -0.25) is 4.90 Å². The van der Waals surface area contributed by atoms with Gasteiger partial charge in [0.1, 0.15) is 11.5 Å². The van der Waals surface area contributed by atoms with Crippen LogP contribution in [0, 0.1) is 5.92 Å². The number of nitrogens with zero attached hydrogens (tertiary/aromatic N) is 1. The second-order valence-corrected chi connectivity index (χ2v) is 5.79. The molecule has 1 aliphatic heterocycles. The Morgan fingerprint density at radius 3 is 2.81 bits per heavy atom. The van der Waals surface area contributed by atoms with Crippen molar-refractivity contribution in [2.24, 2.45) is 5.92 Å². The van der Waals surface area contributed by atoms with E-state index in [-0.39, 0.29) is 12.0 Å². The van der Waals surface area contributed by atoms with Crippen molar-refractivity contribution in [1.82, 2.24) is 10.2 Å². The van der Waals surface area contributed by atoms with E-state index in [9.17, 15) is 13.2 Å². The minimum Gasteiger partial charge on any atom is -0.464 e. The molecule has 1 aromatic heterocycles. The quantitative estimate of drug-likeness (QED) is 0.873. The molecule has 2 rings (SSSR count). The highest BCUT2D eigenvalue weighted by Crippen LogP contribution is 2.23. The Hall–Kier alpha value is -1.01. The Bertz CT molecular complexity index is 444. The van der Waals surface area contributed by atoms with E-state index in [0.29, 0.717) is 13.1 Å². The number of rotatable bonds is 6. The summed E-state index contributed by atoms with van der Waals surface area (Å²) in [6.07, 6.45) is -2.42. The lowest BCUT2D eigenvalue weighted by molar-refractivity contribution is -0.143. The second-order valence-electron chi connectivity index (χ2n) is 5.79. The molecule has 0 radical (unpaired) electrons. The number of alkyl halides is 3. The van der Waals surface area contributed by atoms with Gasteiger partial charge < -0.3 is 9.73 Å². The number of likely N-dealkylation sites (tertiary alicyclic amines) is 1. The summed E-state index contributed by atoms with van der Waals surface area (Å²) in [6, 6.07) is 4.01. The minimum atomic E-state index is -4.10. The zero-order valence-electron chi connectivity index (χ0n) is 12.5. The molecule has 1 N–H and O–H groups in total. The first kappa shape index (κ1) is 16.4. The van der Waals surface area contributed by atoms with Gasteiger partial charge in [0.2, 0.25) is 0 Å². The molecular formula is C15H23F3N2O. The lowest BCUT2D eigenvalue weighted by atomic mass is 10.1. The lowest BCUT2D eigenvalue weighted by Gasteiger charge is -2.19. The summed E-state index contributed by atoms with van der Waals surface area (Å²) in [4.78, 5) is 1.49. The first-order chi connectivity index (χ1) is 9.87. The van der Waals surface area contributed by atoms with Crippen molar-refractivity contribution in [3.63, 3.8) is 0 Å². The summed E-state index contributed by atoms with van der Waals surface area (Å²) in [5.41, 5.74) is 0. The van der Waals surface area contributed by atoms with Crippen LogP contribution < -0.4 is 5.32 Å². The molecule has 1 saturated heterocycles. The molecule has 3 nitrogen and oxygen atoms in total. The van der Waals surface area contributed by atoms with Crippen molar-refractivity contribution in [3.8, 4) is 0 Å². The molecule has 1 aromatic rings. The predicted molar refractivity (Wildman–Crippen MR) is 75.1 cm³/mol. The number of hydrogen-bond donors (Lipinski definition) is 1. The monoisotopic (exact) mass is 304 g/mol. The van der Waals surface area contributed by atoms with Crippen molar-refractivity contribution < 1.29 is 17.6 Å². The Balaban J connectivity index is 1.74. The number of aryl methyl sites for hydroxylation is 1. The fraction of sp³-hybridized carbons (Fsp3) is 0.733. The molecule has 0 aliphatic carbocycles. The van der Waals surface area contributed by atoms with Gasteiger partial charge in [0.15, 0.2) is 0 Å². The number of furan rings is 1. The highest BCUT2D eigenvalue weighted by molar-refractivity contribution is 5.10. The van der Waals surface area contributed by atoms with Crippen LogP contribution in [-0.2, 0) is 6.42 Å². The number of nitrogens with one attached hydrogen (secondary N) is 1. The summed E-state index contributed by atoms with van der Waals surface area (Å²) in [7, 11) is 0. The maximum atomic E-state index is 12.3. The van der Waals surface area contributed by atoms with Gasteiger partial charge in [-0.15, -0.1) is 0 Å². The predicted octanol–water partition coefficient (Wildman–Crippen LogP) is 3.38. The van der Waals surface area contributed by atoms with Crippen LogP contribution in [0.3, 0.4) is 0 Å². The zero-order valence-corrected chi connectivity index (χ0v) is 12.5. The molecule has 0 amide bonds. The molecule has 120 valence electrons. The molecule has 0 unspecified atom stereocenters. The third kappa shape index (κ3) is 5.04. The van der Waals surface area contributed by atoms with Crippen molar-refractivity contribution in [3.05, 3.63) is 23.7 Å². The van der Waals surface area contributed by atoms with Crippen molar-refractivity contribution in [2.75, 3.05) is 26.2 Å². The van der Waals surface area contributed by atoms with Gasteiger partial charge >= 0.3 is 6.18 Å². The summed E-state index contributed by atoms with van der Waals surface area (Å²) in [5.74, 6) is 2.11. The topological polar surface area (TPSA) is 28.4 Å². The van der Waals surface area contributed by atoms with Gasteiger partial charge in [-0.1, -0.05) is 6.92 Å². The van der Waals surface area contributed by atoms with E-state index >= 15 is 0 Å². The minimum absolute atomic E-state index is 0.0852. The van der Waals surface area contributed by atoms with Gasteiger partial charge in [-0.05, 0) is 44.5 Å². The van der Waals surface area contributed by atoms with E-state index in [1.165, 1.54) is 4.90 Å². The molecule has 0 spiro atoms. The van der Waals surface area contributed by atoms with Gasteiger partial charge in [0.25, 0.3) is 0 Å². The molecule has 2 atom stereocenters. The largest absolute Gasteiger partial charge is 0.464 e. The van der Waals surface area contributed by atoms with E-state index in [0.717, 1.165) is 30.9 Å². The molecular weight excluding hydrogens is 281 g/mol. The van der Waals surface area contributed by atoms with Crippen LogP contribution in [0.1, 0.15) is 37.8 Å². The molecule has 21 heavy (non-hydrogen) atoms. The van der Waals surface area contributed by atoms with Crippen LogP contribution in [-0.4, -0.2) is 37.3 Å². The van der Waals surface area contributed by atoms with Crippen LogP contribution in [0.2, 0.25) is 0 Å². The van der Waals surface area contributed by atoms with Crippen LogP contribution in [0.15, 0.2) is 16.5 Å². The highest BCUT2D eigenvalue weighted by atomic mass is 19.4. The average molecular weight is 304 g/mol. The maximum absolute atomic E-state index is 12.3. The van der Waals surface area contributed by atoms with Gasteiger partial charge in [0.05, 0.1) is 12.6 Å². The molecule has 0 aromatic carbocycles. The number of halogens is 3. The van der Waals surface area contributed by atoms with Crippen molar-refractivity contribution >= 4 is 0 Å². The average Bonchev–Trinajstić information content (AvgIpc) is 3.02. The third-order valence-electron chi connectivity index (χ3n) is 3.94. The van der Waals surface area contributed by atoms with E-state index in [1.807, 2.05) is 26.0 Å². The molecule has 1 fully saturated rings. The van der Waals surface area contributed by atoms with E-state index < -0.39 is 12.7 Å². The van der Waals surface area contributed by atoms with Gasteiger partial charge in [-0.25, -0.2) is 0 Å². The van der Waals surface area contributed by atoms with Crippen LogP contribution >= 0.6 is 0 Å². The van der Waals surface area contributed by atoms with Crippen LogP contribution in [0.5, 0.6) is 0 Å². The Labute approximate surface area is 123 Å². The fourth-order valence-electron chi connectivity index (χ4n) is 2.74. The zero-order chi connectivity index (χ0) is 15.5. The number of hydrogen-bond acceptors (Lipinski definition) is 3. The first-order valence-electron chi connectivity index (χ1n) is 7.48. The van der Waals surface area contributed by atoms with Gasteiger partial charge in [-0.2, -0.15) is 13.2 Å². The fourth-order valence-corrected chi connectivity index (χ4v) is 2.74. The molecule has 6 heteroatoms. The van der Waals surface area contributed by atoms with E-state index in [4.69, 9.17) is 4.42 Å². The van der Waals surface area contributed by atoms with E-state index in [2.05, 4.69) is 5.32 Å². The van der Waals surface area contributed by atoms with Gasteiger partial charge in [0, 0.05) is 13.0 Å². The molecule has 0 bridgehead atoms. The first-order valence-corrected chi connectivity index (χ1v) is 7.48. The summed E-state index contributed by atoms with van der Waals surface area (Å²) < 4.78 is 42.7. The molecule has 0 saturated carbocycles. The third-order valence-corrected chi connectivity index (χ3v) is 3.94. The Kier molecular flexibility index (Phi) is 5.32. The Morgan fingerprint density at radius 1 is 1.43 bits per heavy atom. The van der Waals surface area contributed by atoms with Crippen molar-refractivity contribution in [1.29, 1.82) is 0 Å². The highest BCUT2D eigenvalue weighted by Gasteiger charge is 2.34. The SMILES string of the molecule is CCc1ccc([C@H](C)NC[C@H]2CCN(CC(F)(F)F)C2)o1. The second kappa shape index (κ2) is 6.83. The Morgan fingerprint density at radius 2 is 2.19 bits per heavy atom. The summed E-state index contributed by atoms with van der Waals surface area (Å²) in [5, 5.41) is 3.36. The lowest BCUT2D eigenvalue weighted by Crippen LogP contribution is -2.34. The van der Waals surface area contributed by atoms with Crippen LogP contribution in [0.4, 0.5) is 13.2 Å². The van der Waals surface area contributed by atoms with Crippen LogP contribution in [0.25, 0.3) is 0 Å². The van der Waals surface area contributed by atoms with E-state index in [1.54, 1.807) is 0 Å². The summed E-state index contributed by atoms with van der Waals surface area (Å²) in [6.45, 7) is 5.02. The maximum Gasteiger partial charge on any atom is 0.401 e. The molecule has 2 heterocycles. The molecule has 1 aliphatic rings. The normalized spacial score (nSPS) is 21.9. The smallest absolute Gasteiger partial charge is 0.401 e.